The van der Waals surface area contributed by atoms with Crippen molar-refractivity contribution in [3.8, 4) is 0 Å². The van der Waals surface area contributed by atoms with Crippen molar-refractivity contribution < 1.29 is 4.79 Å². The summed E-state index contributed by atoms with van der Waals surface area (Å²) in [5.41, 5.74) is 3.17. The number of nitrogens with one attached hydrogen (secondary N) is 1. The van der Waals surface area contributed by atoms with Gasteiger partial charge in [0.15, 0.2) is 0 Å². The summed E-state index contributed by atoms with van der Waals surface area (Å²) in [4.78, 5) is 11.7. The van der Waals surface area contributed by atoms with Gasteiger partial charge in [-0.1, -0.05) is 18.2 Å². The molecule has 0 bridgehead atoms. The number of para-hydroxylation sites is 1. The summed E-state index contributed by atoms with van der Waals surface area (Å²) in [6.07, 6.45) is 0. The summed E-state index contributed by atoms with van der Waals surface area (Å²) in [5.74, 6) is -0.185. The van der Waals surface area contributed by atoms with Crippen molar-refractivity contribution in [1.29, 1.82) is 0 Å². The molecule has 2 aromatic carbocycles. The number of alkyl halides is 1. The average molecular weight is 301 g/mol. The number of fused-ring (bicyclic) bond motifs is 3. The standard InChI is InChI=1S/C17H17ClN2O/c1-3-20-15-7-5-4-6-13(15)14-10-12(8-9-16(14)20)19-17(21)11(2)18/h4-11H,3H2,1-2H3,(H,19,21)/t11-/m1/s1. The Morgan fingerprint density at radius 1 is 1.19 bits per heavy atom. The number of anilines is 1. The van der Waals surface area contributed by atoms with Crippen molar-refractivity contribution in [2.75, 3.05) is 5.32 Å². The maximum absolute atomic E-state index is 11.7. The van der Waals surface area contributed by atoms with E-state index in [1.807, 2.05) is 30.3 Å². The number of carbonyl (C=O) groups excluding carboxylic acids is 1. The van der Waals surface area contributed by atoms with Crippen LogP contribution in [0.15, 0.2) is 42.5 Å². The van der Waals surface area contributed by atoms with Crippen molar-refractivity contribution in [2.45, 2.75) is 25.8 Å². The maximum Gasteiger partial charge on any atom is 0.242 e. The molecule has 1 aromatic heterocycles. The quantitative estimate of drug-likeness (QED) is 0.716. The fraction of sp³-hybridized carbons (Fsp3) is 0.235. The van der Waals surface area contributed by atoms with Crippen LogP contribution in [0, 0.1) is 0 Å². The van der Waals surface area contributed by atoms with Crippen LogP contribution >= 0.6 is 11.6 Å². The molecule has 108 valence electrons. The number of hydrogen-bond acceptors (Lipinski definition) is 1. The van der Waals surface area contributed by atoms with Crippen molar-refractivity contribution in [3.63, 3.8) is 0 Å². The number of aryl methyl sites for hydroxylation is 1. The highest BCUT2D eigenvalue weighted by Gasteiger charge is 2.12. The minimum atomic E-state index is -0.544. The third-order valence-corrected chi connectivity index (χ3v) is 3.92. The highest BCUT2D eigenvalue weighted by Crippen LogP contribution is 2.31. The summed E-state index contributed by atoms with van der Waals surface area (Å²) >= 11 is 5.80. The van der Waals surface area contributed by atoms with E-state index in [0.29, 0.717) is 0 Å². The SMILES string of the molecule is CCn1c2ccccc2c2cc(NC(=O)[C@@H](C)Cl)ccc21. The molecule has 1 atom stereocenters. The molecule has 1 heterocycles. The fourth-order valence-electron chi connectivity index (χ4n) is 2.71. The van der Waals surface area contributed by atoms with E-state index >= 15 is 0 Å². The van der Waals surface area contributed by atoms with E-state index in [1.165, 1.54) is 16.4 Å². The monoisotopic (exact) mass is 300 g/mol. The van der Waals surface area contributed by atoms with Crippen molar-refractivity contribution in [1.82, 2.24) is 4.57 Å². The molecule has 1 N–H and O–H groups in total. The third-order valence-electron chi connectivity index (χ3n) is 3.72. The van der Waals surface area contributed by atoms with Gasteiger partial charge >= 0.3 is 0 Å². The van der Waals surface area contributed by atoms with Gasteiger partial charge < -0.3 is 9.88 Å². The second-order valence-corrected chi connectivity index (χ2v) is 5.75. The summed E-state index contributed by atoms with van der Waals surface area (Å²) in [6.45, 7) is 4.71. The Labute approximate surface area is 128 Å². The predicted octanol–water partition coefficient (Wildman–Crippen LogP) is 4.38. The van der Waals surface area contributed by atoms with Gasteiger partial charge in [0.2, 0.25) is 5.91 Å². The second-order valence-electron chi connectivity index (χ2n) is 5.10. The minimum absolute atomic E-state index is 0.185. The van der Waals surface area contributed by atoms with Crippen molar-refractivity contribution in [3.05, 3.63) is 42.5 Å². The molecule has 0 radical (unpaired) electrons. The molecule has 4 heteroatoms. The predicted molar refractivity (Wildman–Crippen MR) is 89.1 cm³/mol. The van der Waals surface area contributed by atoms with E-state index in [2.05, 4.69) is 28.9 Å². The molecule has 0 aliphatic heterocycles. The number of carbonyl (C=O) groups is 1. The first-order valence-corrected chi connectivity index (χ1v) is 7.51. The van der Waals surface area contributed by atoms with Gasteiger partial charge in [-0.2, -0.15) is 0 Å². The van der Waals surface area contributed by atoms with Crippen LogP contribution in [0.4, 0.5) is 5.69 Å². The first kappa shape index (κ1) is 14.0. The maximum atomic E-state index is 11.7. The van der Waals surface area contributed by atoms with Crippen LogP contribution in [-0.4, -0.2) is 15.9 Å². The molecule has 0 saturated carbocycles. The highest BCUT2D eigenvalue weighted by molar-refractivity contribution is 6.32. The van der Waals surface area contributed by atoms with E-state index in [-0.39, 0.29) is 5.91 Å². The molecule has 0 saturated heterocycles. The molecule has 0 aliphatic carbocycles. The molecule has 21 heavy (non-hydrogen) atoms. The molecular formula is C17H17ClN2O. The first-order valence-electron chi connectivity index (χ1n) is 7.07. The topological polar surface area (TPSA) is 34.0 Å². The van der Waals surface area contributed by atoms with Crippen molar-refractivity contribution in [2.24, 2.45) is 0 Å². The van der Waals surface area contributed by atoms with Crippen LogP contribution in [0.25, 0.3) is 21.8 Å². The molecule has 0 unspecified atom stereocenters. The van der Waals surface area contributed by atoms with Crippen LogP contribution in [0.5, 0.6) is 0 Å². The van der Waals surface area contributed by atoms with Gasteiger partial charge in [0.25, 0.3) is 0 Å². The molecular weight excluding hydrogens is 284 g/mol. The van der Waals surface area contributed by atoms with E-state index < -0.39 is 5.38 Å². The van der Waals surface area contributed by atoms with E-state index in [0.717, 1.165) is 17.6 Å². The zero-order valence-corrected chi connectivity index (χ0v) is 12.8. The Hall–Kier alpha value is -2.00. The van der Waals surface area contributed by atoms with Crippen LogP contribution < -0.4 is 5.32 Å². The van der Waals surface area contributed by atoms with Gasteiger partial charge in [0.1, 0.15) is 5.38 Å². The Bertz CT molecular complexity index is 820. The minimum Gasteiger partial charge on any atom is -0.341 e. The van der Waals surface area contributed by atoms with Gasteiger partial charge in [-0.05, 0) is 38.1 Å². The lowest BCUT2D eigenvalue weighted by Crippen LogP contribution is -2.20. The molecule has 0 fully saturated rings. The number of benzene rings is 2. The Morgan fingerprint density at radius 3 is 2.62 bits per heavy atom. The van der Waals surface area contributed by atoms with Gasteiger partial charge in [0, 0.05) is 34.0 Å². The summed E-state index contributed by atoms with van der Waals surface area (Å²) in [7, 11) is 0. The van der Waals surface area contributed by atoms with Gasteiger partial charge in [-0.25, -0.2) is 0 Å². The van der Waals surface area contributed by atoms with E-state index in [4.69, 9.17) is 11.6 Å². The van der Waals surface area contributed by atoms with E-state index in [1.54, 1.807) is 6.92 Å². The lowest BCUT2D eigenvalue weighted by molar-refractivity contribution is -0.115. The molecule has 3 nitrogen and oxygen atoms in total. The number of halogens is 1. The Morgan fingerprint density at radius 2 is 1.90 bits per heavy atom. The molecule has 3 aromatic rings. The fourth-order valence-corrected chi connectivity index (χ4v) is 2.77. The van der Waals surface area contributed by atoms with Gasteiger partial charge in [-0.15, -0.1) is 11.6 Å². The first-order chi connectivity index (χ1) is 10.1. The summed E-state index contributed by atoms with van der Waals surface area (Å²) in [5, 5.41) is 4.65. The van der Waals surface area contributed by atoms with Gasteiger partial charge in [-0.3, -0.25) is 4.79 Å². The Balaban J connectivity index is 2.17. The number of hydrogen-bond donors (Lipinski definition) is 1. The van der Waals surface area contributed by atoms with Crippen LogP contribution in [0.2, 0.25) is 0 Å². The summed E-state index contributed by atoms with van der Waals surface area (Å²) in [6, 6.07) is 14.3. The normalized spacial score (nSPS) is 12.7. The van der Waals surface area contributed by atoms with Gasteiger partial charge in [0.05, 0.1) is 0 Å². The molecule has 1 amide bonds. The molecule has 0 spiro atoms. The average Bonchev–Trinajstić information content (AvgIpc) is 2.80. The van der Waals surface area contributed by atoms with Crippen LogP contribution in [0.1, 0.15) is 13.8 Å². The zero-order valence-electron chi connectivity index (χ0n) is 12.1. The molecule has 0 aliphatic rings. The number of aromatic nitrogens is 1. The number of rotatable bonds is 3. The highest BCUT2D eigenvalue weighted by atomic mass is 35.5. The molecule has 3 rings (SSSR count). The van der Waals surface area contributed by atoms with Crippen LogP contribution in [0.3, 0.4) is 0 Å². The zero-order chi connectivity index (χ0) is 15.0. The number of amides is 1. The largest absolute Gasteiger partial charge is 0.341 e. The lowest BCUT2D eigenvalue weighted by Gasteiger charge is -2.07. The Kier molecular flexibility index (Phi) is 3.60. The van der Waals surface area contributed by atoms with Crippen LogP contribution in [-0.2, 0) is 11.3 Å². The second kappa shape index (κ2) is 5.41. The third kappa shape index (κ3) is 2.38. The summed E-state index contributed by atoms with van der Waals surface area (Å²) < 4.78 is 2.28. The smallest absolute Gasteiger partial charge is 0.242 e. The number of nitrogens with zero attached hydrogens (tertiary/aromatic N) is 1. The lowest BCUT2D eigenvalue weighted by atomic mass is 10.1. The van der Waals surface area contributed by atoms with E-state index in [9.17, 15) is 4.79 Å². The van der Waals surface area contributed by atoms with Crippen molar-refractivity contribution >= 4 is 45.0 Å².